The van der Waals surface area contributed by atoms with Gasteiger partial charge in [0.15, 0.2) is 5.71 Å². The van der Waals surface area contributed by atoms with E-state index >= 15 is 0 Å². The largest absolute Gasteiger partial charge is 0.460 e. The molecule has 0 N–H and O–H groups in total. The van der Waals surface area contributed by atoms with Gasteiger partial charge in [-0.1, -0.05) is 23.7 Å². The highest BCUT2D eigenvalue weighted by Crippen LogP contribution is 2.10. The number of hydrogen-bond acceptors (Lipinski definition) is 4. The second kappa shape index (κ2) is 4.87. The van der Waals surface area contributed by atoms with Crippen LogP contribution >= 0.6 is 11.6 Å². The maximum Gasteiger partial charge on any atom is 0.356 e. The number of carbonyl (C=O) groups excluding carboxylic acids is 1. The highest BCUT2D eigenvalue weighted by molar-refractivity contribution is 6.38. The first-order valence-corrected chi connectivity index (χ1v) is 4.31. The van der Waals surface area contributed by atoms with Crippen LogP contribution in [0.15, 0.2) is 16.8 Å². The second-order valence-corrected chi connectivity index (χ2v) is 2.89. The minimum atomic E-state index is -0.401. The Bertz CT molecular complexity index is 250. The SMILES string of the molecule is CC1COC(=O)/C1=N\OC/C=C/Cl. The molecule has 1 aliphatic heterocycles. The summed E-state index contributed by atoms with van der Waals surface area (Å²) in [4.78, 5) is 15.8. The van der Waals surface area contributed by atoms with E-state index in [-0.39, 0.29) is 12.5 Å². The van der Waals surface area contributed by atoms with Gasteiger partial charge in [0.25, 0.3) is 0 Å². The minimum Gasteiger partial charge on any atom is -0.460 e. The zero-order valence-corrected chi connectivity index (χ0v) is 7.95. The van der Waals surface area contributed by atoms with E-state index in [1.165, 1.54) is 5.54 Å². The lowest BCUT2D eigenvalue weighted by Gasteiger charge is -1.97. The lowest BCUT2D eigenvalue weighted by molar-refractivity contribution is -0.133. The average Bonchev–Trinajstić information content (AvgIpc) is 2.42. The van der Waals surface area contributed by atoms with E-state index in [0.717, 1.165) is 0 Å². The zero-order valence-electron chi connectivity index (χ0n) is 7.20. The molecule has 1 unspecified atom stereocenters. The predicted molar refractivity (Wildman–Crippen MR) is 48.5 cm³/mol. The van der Waals surface area contributed by atoms with Gasteiger partial charge in [0, 0.05) is 11.5 Å². The van der Waals surface area contributed by atoms with Crippen LogP contribution in [0.1, 0.15) is 6.92 Å². The van der Waals surface area contributed by atoms with E-state index in [2.05, 4.69) is 5.16 Å². The van der Waals surface area contributed by atoms with Crippen molar-refractivity contribution in [2.75, 3.05) is 13.2 Å². The van der Waals surface area contributed by atoms with Crippen LogP contribution in [0.2, 0.25) is 0 Å². The average molecular weight is 204 g/mol. The van der Waals surface area contributed by atoms with E-state index in [4.69, 9.17) is 21.2 Å². The molecular formula is C8H10ClNO3. The molecule has 0 spiro atoms. The molecule has 72 valence electrons. The van der Waals surface area contributed by atoms with E-state index in [9.17, 15) is 4.79 Å². The maximum atomic E-state index is 11.0. The Morgan fingerprint density at radius 1 is 1.85 bits per heavy atom. The first-order chi connectivity index (χ1) is 6.25. The Balaban J connectivity index is 2.44. The van der Waals surface area contributed by atoms with Gasteiger partial charge < -0.3 is 9.57 Å². The van der Waals surface area contributed by atoms with E-state index in [1.807, 2.05) is 6.92 Å². The number of hydrogen-bond donors (Lipinski definition) is 0. The zero-order chi connectivity index (χ0) is 9.68. The molecule has 0 aromatic heterocycles. The third-order valence-corrected chi connectivity index (χ3v) is 1.74. The van der Waals surface area contributed by atoms with Crippen LogP contribution in [-0.2, 0) is 14.4 Å². The molecule has 0 aromatic rings. The maximum absolute atomic E-state index is 11.0. The number of rotatable bonds is 3. The van der Waals surface area contributed by atoms with Crippen LogP contribution in [0.5, 0.6) is 0 Å². The van der Waals surface area contributed by atoms with Gasteiger partial charge in [-0.05, 0) is 6.08 Å². The van der Waals surface area contributed by atoms with Gasteiger partial charge in [-0.3, -0.25) is 0 Å². The summed E-state index contributed by atoms with van der Waals surface area (Å²) in [5.41, 5.74) is 1.67. The molecule has 0 radical (unpaired) electrons. The van der Waals surface area contributed by atoms with Crippen molar-refractivity contribution in [1.29, 1.82) is 0 Å². The summed E-state index contributed by atoms with van der Waals surface area (Å²) in [5, 5.41) is 3.65. The van der Waals surface area contributed by atoms with Gasteiger partial charge in [0.1, 0.15) is 13.2 Å². The van der Waals surface area contributed by atoms with Gasteiger partial charge in [-0.2, -0.15) is 0 Å². The van der Waals surface area contributed by atoms with E-state index < -0.39 is 5.97 Å². The number of esters is 1. The molecule has 0 aliphatic carbocycles. The van der Waals surface area contributed by atoms with Crippen molar-refractivity contribution in [3.63, 3.8) is 0 Å². The number of halogens is 1. The molecule has 0 saturated carbocycles. The first kappa shape index (κ1) is 10.1. The fourth-order valence-electron chi connectivity index (χ4n) is 0.868. The topological polar surface area (TPSA) is 47.9 Å². The lowest BCUT2D eigenvalue weighted by Crippen LogP contribution is -2.13. The quantitative estimate of drug-likeness (QED) is 0.395. The molecular weight excluding hydrogens is 194 g/mol. The summed E-state index contributed by atoms with van der Waals surface area (Å²) in [5.74, 6) is -0.394. The van der Waals surface area contributed by atoms with Gasteiger partial charge in [-0.15, -0.1) is 0 Å². The monoisotopic (exact) mass is 203 g/mol. The summed E-state index contributed by atoms with van der Waals surface area (Å²) >= 11 is 5.25. The molecule has 1 saturated heterocycles. The highest BCUT2D eigenvalue weighted by atomic mass is 35.5. The smallest absolute Gasteiger partial charge is 0.356 e. The molecule has 0 aromatic carbocycles. The molecule has 5 heteroatoms. The highest BCUT2D eigenvalue weighted by Gasteiger charge is 2.29. The van der Waals surface area contributed by atoms with Crippen LogP contribution in [0.4, 0.5) is 0 Å². The third-order valence-electron chi connectivity index (χ3n) is 1.56. The number of nitrogens with zero attached hydrogens (tertiary/aromatic N) is 1. The second-order valence-electron chi connectivity index (χ2n) is 2.63. The molecule has 1 aliphatic rings. The molecule has 0 bridgehead atoms. The fourth-order valence-corrected chi connectivity index (χ4v) is 0.941. The van der Waals surface area contributed by atoms with Crippen molar-refractivity contribution in [2.24, 2.45) is 11.1 Å². The van der Waals surface area contributed by atoms with Crippen molar-refractivity contribution in [3.05, 3.63) is 11.6 Å². The lowest BCUT2D eigenvalue weighted by atomic mass is 10.1. The Labute approximate surface area is 81.1 Å². The Kier molecular flexibility index (Phi) is 3.76. The van der Waals surface area contributed by atoms with Crippen molar-refractivity contribution in [1.82, 2.24) is 0 Å². The predicted octanol–water partition coefficient (Wildman–Crippen LogP) is 1.30. The molecule has 13 heavy (non-hydrogen) atoms. The molecule has 0 amide bonds. The standard InChI is InChI=1S/C8H10ClNO3/c1-6-5-12-8(11)7(6)10-13-4-2-3-9/h2-3,6H,4-5H2,1H3/b3-2+,10-7-. The summed E-state index contributed by atoms with van der Waals surface area (Å²) in [6.07, 6.45) is 1.58. The number of cyclic esters (lactones) is 1. The summed E-state index contributed by atoms with van der Waals surface area (Å²) in [6.45, 7) is 2.49. The Morgan fingerprint density at radius 2 is 2.62 bits per heavy atom. The minimum absolute atomic E-state index is 0.00693. The third kappa shape index (κ3) is 2.73. The number of ether oxygens (including phenoxy) is 1. The van der Waals surface area contributed by atoms with Crippen molar-refractivity contribution < 1.29 is 14.4 Å². The summed E-state index contributed by atoms with van der Waals surface area (Å²) in [6, 6.07) is 0. The van der Waals surface area contributed by atoms with Crippen molar-refractivity contribution in [3.8, 4) is 0 Å². The molecule has 1 fully saturated rings. The van der Waals surface area contributed by atoms with Crippen LogP contribution in [0, 0.1) is 5.92 Å². The van der Waals surface area contributed by atoms with E-state index in [1.54, 1.807) is 6.08 Å². The summed E-state index contributed by atoms with van der Waals surface area (Å²) < 4.78 is 4.74. The Morgan fingerprint density at radius 3 is 3.15 bits per heavy atom. The van der Waals surface area contributed by atoms with Crippen molar-refractivity contribution in [2.45, 2.75) is 6.92 Å². The van der Waals surface area contributed by atoms with Gasteiger partial charge in [0.05, 0.1) is 0 Å². The fraction of sp³-hybridized carbons (Fsp3) is 0.500. The number of oxime groups is 1. The molecule has 1 heterocycles. The normalized spacial score (nSPS) is 25.5. The van der Waals surface area contributed by atoms with Gasteiger partial charge in [0.2, 0.25) is 0 Å². The van der Waals surface area contributed by atoms with Gasteiger partial charge >= 0.3 is 5.97 Å². The Hall–Kier alpha value is -1.03. The first-order valence-electron chi connectivity index (χ1n) is 3.88. The molecule has 1 atom stereocenters. The van der Waals surface area contributed by atoms with Gasteiger partial charge in [-0.25, -0.2) is 4.79 Å². The van der Waals surface area contributed by atoms with Crippen LogP contribution in [0.3, 0.4) is 0 Å². The summed E-state index contributed by atoms with van der Waals surface area (Å²) in [7, 11) is 0. The number of carbonyl (C=O) groups is 1. The molecule has 1 rings (SSSR count). The van der Waals surface area contributed by atoms with Crippen molar-refractivity contribution >= 4 is 23.3 Å². The van der Waals surface area contributed by atoms with E-state index in [0.29, 0.717) is 12.3 Å². The molecule has 4 nitrogen and oxygen atoms in total. The van der Waals surface area contributed by atoms with Crippen LogP contribution in [0.25, 0.3) is 0 Å². The van der Waals surface area contributed by atoms with Crippen LogP contribution in [-0.4, -0.2) is 24.9 Å². The van der Waals surface area contributed by atoms with Crippen LogP contribution < -0.4 is 0 Å².